The monoisotopic (exact) mass is 252 g/mol. The Morgan fingerprint density at radius 2 is 1.69 bits per heavy atom. The van der Waals surface area contributed by atoms with Crippen molar-refractivity contribution in [1.29, 1.82) is 0 Å². The Balaban J connectivity index is 2.58. The molecule has 0 saturated heterocycles. The summed E-state index contributed by atoms with van der Waals surface area (Å²) >= 11 is 11.8. The van der Waals surface area contributed by atoms with Crippen molar-refractivity contribution in [1.82, 2.24) is 10.2 Å². The lowest BCUT2D eigenvalue weighted by molar-refractivity contribution is 1.03. The lowest BCUT2D eigenvalue weighted by Crippen LogP contribution is -1.89. The Morgan fingerprint density at radius 3 is 2.38 bits per heavy atom. The van der Waals surface area contributed by atoms with Crippen molar-refractivity contribution in [2.75, 3.05) is 0 Å². The first kappa shape index (κ1) is 11.4. The summed E-state index contributed by atoms with van der Waals surface area (Å²) in [6.45, 7) is 4.13. The van der Waals surface area contributed by atoms with Crippen LogP contribution in [0.15, 0.2) is 24.3 Å². The summed E-state index contributed by atoms with van der Waals surface area (Å²) in [4.78, 5) is 0. The zero-order chi connectivity index (χ0) is 11.7. The summed E-state index contributed by atoms with van der Waals surface area (Å²) in [7, 11) is 0. The molecule has 1 heterocycles. The van der Waals surface area contributed by atoms with Gasteiger partial charge in [-0.05, 0) is 36.6 Å². The van der Waals surface area contributed by atoms with E-state index in [-0.39, 0.29) is 0 Å². The third-order valence-corrected chi connectivity index (χ3v) is 3.00. The summed E-state index contributed by atoms with van der Waals surface area (Å²) < 4.78 is 0. The van der Waals surface area contributed by atoms with Gasteiger partial charge in [0.1, 0.15) is 0 Å². The second-order valence-electron chi connectivity index (χ2n) is 3.67. The molecule has 0 bridgehead atoms. The molecule has 16 heavy (non-hydrogen) atoms. The highest BCUT2D eigenvalue weighted by Gasteiger charge is 2.07. The van der Waals surface area contributed by atoms with Crippen LogP contribution in [0.25, 0.3) is 11.1 Å². The zero-order valence-corrected chi connectivity index (χ0v) is 10.5. The van der Waals surface area contributed by atoms with E-state index in [1.807, 2.05) is 6.07 Å². The van der Waals surface area contributed by atoms with E-state index in [0.717, 1.165) is 11.1 Å². The molecule has 0 aliphatic rings. The maximum atomic E-state index is 5.99. The molecule has 1 aromatic carbocycles. The van der Waals surface area contributed by atoms with Crippen LogP contribution in [0.1, 0.15) is 11.1 Å². The van der Waals surface area contributed by atoms with Crippen molar-refractivity contribution in [2.24, 2.45) is 0 Å². The van der Waals surface area contributed by atoms with Gasteiger partial charge in [-0.1, -0.05) is 41.4 Å². The molecule has 1 aromatic heterocycles. The van der Waals surface area contributed by atoms with E-state index in [0.29, 0.717) is 10.3 Å². The average molecular weight is 253 g/mol. The first-order chi connectivity index (χ1) is 7.58. The molecule has 0 fully saturated rings. The van der Waals surface area contributed by atoms with E-state index in [1.165, 1.54) is 11.1 Å². The van der Waals surface area contributed by atoms with E-state index >= 15 is 0 Å². The SMILES string of the molecule is Cc1ccc(-c2cc(Cl)nnc2Cl)cc1C. The van der Waals surface area contributed by atoms with E-state index in [9.17, 15) is 0 Å². The highest BCUT2D eigenvalue weighted by Crippen LogP contribution is 2.28. The number of aryl methyl sites for hydroxylation is 2. The maximum absolute atomic E-state index is 5.99. The molecule has 0 aliphatic heterocycles. The number of hydrogen-bond acceptors (Lipinski definition) is 2. The number of hydrogen-bond donors (Lipinski definition) is 0. The second kappa shape index (κ2) is 4.40. The molecule has 0 amide bonds. The smallest absolute Gasteiger partial charge is 0.137 e. The topological polar surface area (TPSA) is 25.8 Å². The third-order valence-electron chi connectivity index (χ3n) is 2.54. The largest absolute Gasteiger partial charge is 0.159 e. The Hall–Kier alpha value is -1.12. The van der Waals surface area contributed by atoms with Gasteiger partial charge in [-0.2, -0.15) is 0 Å². The van der Waals surface area contributed by atoms with E-state index in [4.69, 9.17) is 23.2 Å². The summed E-state index contributed by atoms with van der Waals surface area (Å²) in [5, 5.41) is 8.19. The molecule has 4 heteroatoms. The fourth-order valence-electron chi connectivity index (χ4n) is 1.46. The lowest BCUT2D eigenvalue weighted by Gasteiger charge is -2.06. The number of rotatable bonds is 1. The molecule has 0 atom stereocenters. The minimum atomic E-state index is 0.345. The molecule has 0 aliphatic carbocycles. The van der Waals surface area contributed by atoms with Crippen LogP contribution in [0.5, 0.6) is 0 Å². The molecule has 2 aromatic rings. The molecule has 2 rings (SSSR count). The first-order valence-electron chi connectivity index (χ1n) is 4.84. The van der Waals surface area contributed by atoms with Crippen LogP contribution in [-0.2, 0) is 0 Å². The predicted molar refractivity (Wildman–Crippen MR) is 67.0 cm³/mol. The third kappa shape index (κ3) is 2.18. The molecular weight excluding hydrogens is 243 g/mol. The molecule has 0 spiro atoms. The minimum Gasteiger partial charge on any atom is -0.137 e. The summed E-state index contributed by atoms with van der Waals surface area (Å²) in [5.41, 5.74) is 4.27. The average Bonchev–Trinajstić information content (AvgIpc) is 2.26. The number of benzene rings is 1. The first-order valence-corrected chi connectivity index (χ1v) is 5.60. The van der Waals surface area contributed by atoms with Crippen LogP contribution in [0.2, 0.25) is 10.3 Å². The molecule has 0 unspecified atom stereocenters. The predicted octanol–water partition coefficient (Wildman–Crippen LogP) is 4.07. The van der Waals surface area contributed by atoms with Crippen molar-refractivity contribution in [3.8, 4) is 11.1 Å². The van der Waals surface area contributed by atoms with Gasteiger partial charge in [0.15, 0.2) is 10.3 Å². The minimum absolute atomic E-state index is 0.345. The number of nitrogens with zero attached hydrogens (tertiary/aromatic N) is 2. The van der Waals surface area contributed by atoms with Gasteiger partial charge < -0.3 is 0 Å². The standard InChI is InChI=1S/C12H10Cl2N2/c1-7-3-4-9(5-8(7)2)10-6-11(13)15-16-12(10)14/h3-6H,1-2H3. The van der Waals surface area contributed by atoms with Crippen molar-refractivity contribution in [3.63, 3.8) is 0 Å². The van der Waals surface area contributed by atoms with E-state index < -0.39 is 0 Å². The molecular formula is C12H10Cl2N2. The fraction of sp³-hybridized carbons (Fsp3) is 0.167. The van der Waals surface area contributed by atoms with Gasteiger partial charge in [0.25, 0.3) is 0 Å². The van der Waals surface area contributed by atoms with Gasteiger partial charge in [0.05, 0.1) is 0 Å². The van der Waals surface area contributed by atoms with Gasteiger partial charge in [-0.25, -0.2) is 0 Å². The van der Waals surface area contributed by atoms with E-state index in [1.54, 1.807) is 6.07 Å². The van der Waals surface area contributed by atoms with Crippen molar-refractivity contribution in [2.45, 2.75) is 13.8 Å². The van der Waals surface area contributed by atoms with Crippen LogP contribution >= 0.6 is 23.2 Å². The molecule has 2 nitrogen and oxygen atoms in total. The Labute approximate surface area is 104 Å². The van der Waals surface area contributed by atoms with E-state index in [2.05, 4.69) is 36.2 Å². The van der Waals surface area contributed by atoms with Gasteiger partial charge in [0, 0.05) is 5.56 Å². The van der Waals surface area contributed by atoms with Crippen LogP contribution in [0.4, 0.5) is 0 Å². The normalized spacial score (nSPS) is 10.5. The lowest BCUT2D eigenvalue weighted by atomic mass is 10.0. The Morgan fingerprint density at radius 1 is 0.938 bits per heavy atom. The van der Waals surface area contributed by atoms with Gasteiger partial charge in [-0.3, -0.25) is 0 Å². The summed E-state index contributed by atoms with van der Waals surface area (Å²) in [6.07, 6.45) is 0. The highest BCUT2D eigenvalue weighted by atomic mass is 35.5. The van der Waals surface area contributed by atoms with Crippen LogP contribution in [0.3, 0.4) is 0 Å². The molecule has 0 saturated carbocycles. The van der Waals surface area contributed by atoms with Crippen molar-refractivity contribution in [3.05, 3.63) is 45.7 Å². The van der Waals surface area contributed by atoms with Gasteiger partial charge >= 0.3 is 0 Å². The second-order valence-corrected chi connectivity index (χ2v) is 4.42. The maximum Gasteiger partial charge on any atom is 0.159 e. The van der Waals surface area contributed by atoms with Crippen LogP contribution in [0, 0.1) is 13.8 Å². The number of halogens is 2. The zero-order valence-electron chi connectivity index (χ0n) is 8.96. The highest BCUT2D eigenvalue weighted by molar-refractivity contribution is 6.33. The van der Waals surface area contributed by atoms with Crippen molar-refractivity contribution >= 4 is 23.2 Å². The summed E-state index contributed by atoms with van der Waals surface area (Å²) in [6, 6.07) is 7.84. The quantitative estimate of drug-likeness (QED) is 0.765. The Bertz CT molecular complexity index is 539. The molecule has 0 N–H and O–H groups in total. The molecule has 0 radical (unpaired) electrons. The van der Waals surface area contributed by atoms with Gasteiger partial charge in [0.2, 0.25) is 0 Å². The number of aromatic nitrogens is 2. The van der Waals surface area contributed by atoms with Crippen LogP contribution in [-0.4, -0.2) is 10.2 Å². The Kier molecular flexibility index (Phi) is 3.13. The summed E-state index contributed by atoms with van der Waals surface area (Å²) in [5.74, 6) is 0. The fourth-order valence-corrected chi connectivity index (χ4v) is 1.81. The van der Waals surface area contributed by atoms with Gasteiger partial charge in [-0.15, -0.1) is 10.2 Å². The molecule has 82 valence electrons. The van der Waals surface area contributed by atoms with Crippen molar-refractivity contribution < 1.29 is 0 Å². The van der Waals surface area contributed by atoms with Crippen LogP contribution < -0.4 is 0 Å².